The van der Waals surface area contributed by atoms with Crippen LogP contribution in [0.3, 0.4) is 0 Å². The van der Waals surface area contributed by atoms with Gasteiger partial charge in [-0.25, -0.2) is 4.52 Å². The van der Waals surface area contributed by atoms with Gasteiger partial charge in [0, 0.05) is 18.3 Å². The molecule has 0 N–H and O–H groups in total. The third-order valence-electron chi connectivity index (χ3n) is 4.60. The summed E-state index contributed by atoms with van der Waals surface area (Å²) in [7, 11) is 0. The minimum atomic E-state index is -0.0591. The van der Waals surface area contributed by atoms with Gasteiger partial charge < -0.3 is 4.57 Å². The van der Waals surface area contributed by atoms with E-state index in [1.54, 1.807) is 16.8 Å². The van der Waals surface area contributed by atoms with Crippen LogP contribution < -0.4 is 5.56 Å². The largest absolute Gasteiger partial charge is 0.310 e. The summed E-state index contributed by atoms with van der Waals surface area (Å²) in [6.45, 7) is 2.23. The van der Waals surface area contributed by atoms with Crippen molar-refractivity contribution in [3.05, 3.63) is 34.9 Å². The predicted molar refractivity (Wildman–Crippen MR) is 79.2 cm³/mol. The Labute approximate surface area is 121 Å². The van der Waals surface area contributed by atoms with Crippen molar-refractivity contribution in [2.75, 3.05) is 0 Å². The average molecular weight is 283 g/mol. The molecule has 1 saturated carbocycles. The van der Waals surface area contributed by atoms with E-state index in [0.29, 0.717) is 17.1 Å². The van der Waals surface area contributed by atoms with Gasteiger partial charge in [0.05, 0.1) is 6.20 Å². The first-order chi connectivity index (χ1) is 10.3. The van der Waals surface area contributed by atoms with E-state index in [-0.39, 0.29) is 11.6 Å². The standard InChI is InChI=1S/C15H17N5O/c1-10-4-2-3-5-11(10)19-9-7-12-14(15(19)21)18-17-13-6-8-16-20(12)13/h6-11H,2-5H2,1H3/t10-,11+/m1/s1. The number of hydrogen-bond acceptors (Lipinski definition) is 4. The van der Waals surface area contributed by atoms with E-state index in [4.69, 9.17) is 0 Å². The van der Waals surface area contributed by atoms with Gasteiger partial charge in [-0.3, -0.25) is 4.79 Å². The molecule has 2 atom stereocenters. The molecule has 1 aliphatic carbocycles. The highest BCUT2D eigenvalue weighted by atomic mass is 16.1. The lowest BCUT2D eigenvalue weighted by molar-refractivity contribution is 0.253. The molecule has 6 heteroatoms. The van der Waals surface area contributed by atoms with Crippen LogP contribution in [0, 0.1) is 5.92 Å². The Morgan fingerprint density at radius 1 is 1.19 bits per heavy atom. The molecular formula is C15H17N5O. The molecule has 108 valence electrons. The molecule has 21 heavy (non-hydrogen) atoms. The van der Waals surface area contributed by atoms with Crippen molar-refractivity contribution in [3.63, 3.8) is 0 Å². The van der Waals surface area contributed by atoms with Crippen LogP contribution in [0.1, 0.15) is 38.6 Å². The normalized spacial score (nSPS) is 22.9. The van der Waals surface area contributed by atoms with Crippen molar-refractivity contribution < 1.29 is 0 Å². The third-order valence-corrected chi connectivity index (χ3v) is 4.60. The summed E-state index contributed by atoms with van der Waals surface area (Å²) in [4.78, 5) is 12.8. The molecule has 0 bridgehead atoms. The maximum atomic E-state index is 12.8. The Morgan fingerprint density at radius 2 is 2.05 bits per heavy atom. The molecule has 0 spiro atoms. The fraction of sp³-hybridized carbons (Fsp3) is 0.467. The maximum absolute atomic E-state index is 12.8. The van der Waals surface area contributed by atoms with Crippen LogP contribution in [0.25, 0.3) is 16.7 Å². The van der Waals surface area contributed by atoms with Crippen molar-refractivity contribution in [1.82, 2.24) is 24.4 Å². The van der Waals surface area contributed by atoms with Gasteiger partial charge in [0.1, 0.15) is 5.52 Å². The fourth-order valence-corrected chi connectivity index (χ4v) is 3.42. The average Bonchev–Trinajstić information content (AvgIpc) is 2.97. The van der Waals surface area contributed by atoms with Crippen LogP contribution in [0.5, 0.6) is 0 Å². The molecule has 3 heterocycles. The Bertz CT molecular complexity index is 865. The molecule has 0 unspecified atom stereocenters. The summed E-state index contributed by atoms with van der Waals surface area (Å²) >= 11 is 0. The first-order valence-corrected chi connectivity index (χ1v) is 7.47. The summed E-state index contributed by atoms with van der Waals surface area (Å²) in [6.07, 6.45) is 8.23. The summed E-state index contributed by atoms with van der Waals surface area (Å²) in [5.74, 6) is 0.523. The molecule has 0 aliphatic heterocycles. The van der Waals surface area contributed by atoms with Gasteiger partial charge in [-0.2, -0.15) is 5.10 Å². The molecule has 6 nitrogen and oxygen atoms in total. The monoisotopic (exact) mass is 283 g/mol. The molecule has 0 aromatic carbocycles. The molecule has 0 amide bonds. The third kappa shape index (κ3) is 1.86. The van der Waals surface area contributed by atoms with E-state index in [0.717, 1.165) is 11.9 Å². The molecule has 0 saturated heterocycles. The number of rotatable bonds is 1. The van der Waals surface area contributed by atoms with Crippen molar-refractivity contribution >= 4 is 16.7 Å². The highest BCUT2D eigenvalue weighted by molar-refractivity contribution is 5.74. The number of aromatic nitrogens is 5. The summed E-state index contributed by atoms with van der Waals surface area (Å²) < 4.78 is 3.51. The molecular weight excluding hydrogens is 266 g/mol. The molecule has 1 aliphatic rings. The van der Waals surface area contributed by atoms with E-state index >= 15 is 0 Å². The van der Waals surface area contributed by atoms with E-state index in [1.165, 1.54) is 19.3 Å². The molecule has 3 aromatic rings. The van der Waals surface area contributed by atoms with Gasteiger partial charge in [-0.15, -0.1) is 10.2 Å². The lowest BCUT2D eigenvalue weighted by atomic mass is 9.85. The molecule has 0 radical (unpaired) electrons. The molecule has 3 aromatic heterocycles. The predicted octanol–water partition coefficient (Wildman–Crippen LogP) is 2.19. The SMILES string of the molecule is C[C@@H]1CCCC[C@@H]1n1ccc2c(nnc3ccnn32)c1=O. The van der Waals surface area contributed by atoms with Gasteiger partial charge in [-0.05, 0) is 24.8 Å². The number of hydrogen-bond donors (Lipinski definition) is 0. The Kier molecular flexibility index (Phi) is 2.77. The van der Waals surface area contributed by atoms with Crippen LogP contribution in [0.15, 0.2) is 29.3 Å². The number of nitrogens with zero attached hydrogens (tertiary/aromatic N) is 5. The zero-order valence-electron chi connectivity index (χ0n) is 11.9. The van der Waals surface area contributed by atoms with Crippen LogP contribution >= 0.6 is 0 Å². The first-order valence-electron chi connectivity index (χ1n) is 7.47. The van der Waals surface area contributed by atoms with E-state index in [1.807, 2.05) is 16.8 Å². The number of pyridine rings is 1. The summed E-state index contributed by atoms with van der Waals surface area (Å²) in [5, 5.41) is 12.4. The van der Waals surface area contributed by atoms with Gasteiger partial charge >= 0.3 is 0 Å². The van der Waals surface area contributed by atoms with Crippen LogP contribution in [-0.4, -0.2) is 24.4 Å². The smallest absolute Gasteiger partial charge is 0.280 e. The highest BCUT2D eigenvalue weighted by Gasteiger charge is 2.24. The Balaban J connectivity index is 1.93. The Hall–Kier alpha value is -2.24. The van der Waals surface area contributed by atoms with E-state index < -0.39 is 0 Å². The van der Waals surface area contributed by atoms with Crippen molar-refractivity contribution in [2.45, 2.75) is 38.6 Å². The molecule has 4 rings (SSSR count). The van der Waals surface area contributed by atoms with Gasteiger partial charge in [0.2, 0.25) is 0 Å². The minimum Gasteiger partial charge on any atom is -0.310 e. The topological polar surface area (TPSA) is 65.1 Å². The van der Waals surface area contributed by atoms with E-state index in [9.17, 15) is 4.79 Å². The lowest BCUT2D eigenvalue weighted by Gasteiger charge is -2.30. The number of fused-ring (bicyclic) bond motifs is 3. The van der Waals surface area contributed by atoms with Crippen LogP contribution in [0.2, 0.25) is 0 Å². The van der Waals surface area contributed by atoms with E-state index in [2.05, 4.69) is 22.2 Å². The quantitative estimate of drug-likeness (QED) is 0.686. The second-order valence-corrected chi connectivity index (χ2v) is 5.89. The van der Waals surface area contributed by atoms with Gasteiger partial charge in [0.15, 0.2) is 11.2 Å². The van der Waals surface area contributed by atoms with Crippen molar-refractivity contribution in [1.29, 1.82) is 0 Å². The zero-order valence-corrected chi connectivity index (χ0v) is 11.9. The summed E-state index contributed by atoms with van der Waals surface area (Å²) in [6, 6.07) is 3.97. The maximum Gasteiger partial charge on any atom is 0.280 e. The lowest BCUT2D eigenvalue weighted by Crippen LogP contribution is -2.31. The second-order valence-electron chi connectivity index (χ2n) is 5.89. The van der Waals surface area contributed by atoms with Gasteiger partial charge in [0.25, 0.3) is 5.56 Å². The van der Waals surface area contributed by atoms with Crippen molar-refractivity contribution in [3.8, 4) is 0 Å². The van der Waals surface area contributed by atoms with Crippen LogP contribution in [-0.2, 0) is 0 Å². The van der Waals surface area contributed by atoms with Crippen LogP contribution in [0.4, 0.5) is 0 Å². The highest BCUT2D eigenvalue weighted by Crippen LogP contribution is 2.32. The minimum absolute atomic E-state index is 0.0591. The molecule has 1 fully saturated rings. The zero-order chi connectivity index (χ0) is 14.4. The van der Waals surface area contributed by atoms with Gasteiger partial charge in [-0.1, -0.05) is 19.8 Å². The summed E-state index contributed by atoms with van der Waals surface area (Å²) in [5.41, 5.74) is 1.71. The fourth-order valence-electron chi connectivity index (χ4n) is 3.42. The Morgan fingerprint density at radius 3 is 2.90 bits per heavy atom. The second kappa shape index (κ2) is 4.65. The first kappa shape index (κ1) is 12.5. The van der Waals surface area contributed by atoms with Crippen molar-refractivity contribution in [2.24, 2.45) is 5.92 Å².